The van der Waals surface area contributed by atoms with Crippen LogP contribution in [0, 0.1) is 10.1 Å². The van der Waals surface area contributed by atoms with Gasteiger partial charge in [0.05, 0.1) is 10.5 Å². The highest BCUT2D eigenvalue weighted by atomic mass is 16.6. The first-order valence-electron chi connectivity index (χ1n) is 6.50. The van der Waals surface area contributed by atoms with Gasteiger partial charge in [-0.1, -0.05) is 12.8 Å². The molecular formula is C13H17N3O4. The Hall–Kier alpha value is -2.15. The lowest BCUT2D eigenvalue weighted by Gasteiger charge is -2.22. The number of aliphatic hydroxyl groups is 1. The number of nitrogens with zero attached hydrogens (tertiary/aromatic N) is 1. The molecule has 1 aromatic rings. The first kappa shape index (κ1) is 14.3. The maximum absolute atomic E-state index is 11.7. The molecule has 20 heavy (non-hydrogen) atoms. The van der Waals surface area contributed by atoms with Gasteiger partial charge in [-0.05, 0) is 25.0 Å². The van der Waals surface area contributed by atoms with Gasteiger partial charge >= 0.3 is 6.03 Å². The summed E-state index contributed by atoms with van der Waals surface area (Å²) in [6, 6.07) is 5.13. The van der Waals surface area contributed by atoms with Crippen molar-refractivity contribution in [1.29, 1.82) is 0 Å². The van der Waals surface area contributed by atoms with Gasteiger partial charge in [-0.25, -0.2) is 4.79 Å². The summed E-state index contributed by atoms with van der Waals surface area (Å²) in [4.78, 5) is 21.7. The lowest BCUT2D eigenvalue weighted by atomic mass is 10.0. The van der Waals surface area contributed by atoms with Crippen LogP contribution in [0.1, 0.15) is 25.7 Å². The van der Waals surface area contributed by atoms with Crippen LogP contribution in [-0.4, -0.2) is 28.2 Å². The standard InChI is InChI=1S/C13H17N3O4/c17-12(14-9-13(18)7-1-2-8-13)15-10-3-5-11(6-4-10)16(19)20/h3-6,18H,1-2,7-9H2,(H2,14,15,17). The normalized spacial score (nSPS) is 16.6. The van der Waals surface area contributed by atoms with Crippen LogP contribution < -0.4 is 10.6 Å². The third-order valence-corrected chi connectivity index (χ3v) is 3.45. The van der Waals surface area contributed by atoms with Gasteiger partial charge in [0, 0.05) is 24.4 Å². The van der Waals surface area contributed by atoms with Crippen LogP contribution in [0.15, 0.2) is 24.3 Å². The van der Waals surface area contributed by atoms with E-state index < -0.39 is 16.6 Å². The molecule has 3 N–H and O–H groups in total. The van der Waals surface area contributed by atoms with Crippen molar-refractivity contribution in [2.24, 2.45) is 0 Å². The third kappa shape index (κ3) is 3.67. The summed E-state index contributed by atoms with van der Waals surface area (Å²) >= 11 is 0. The number of nitrogens with one attached hydrogen (secondary N) is 2. The minimum atomic E-state index is -0.799. The first-order chi connectivity index (χ1) is 9.48. The lowest BCUT2D eigenvalue weighted by molar-refractivity contribution is -0.384. The Balaban J connectivity index is 1.83. The Bertz CT molecular complexity index is 495. The van der Waals surface area contributed by atoms with Gasteiger partial charge in [0.15, 0.2) is 0 Å². The zero-order valence-electron chi connectivity index (χ0n) is 11.0. The van der Waals surface area contributed by atoms with Crippen molar-refractivity contribution in [3.8, 4) is 0 Å². The molecule has 0 unspecified atom stereocenters. The van der Waals surface area contributed by atoms with Gasteiger partial charge in [0.25, 0.3) is 5.69 Å². The van der Waals surface area contributed by atoms with Crippen molar-refractivity contribution in [2.75, 3.05) is 11.9 Å². The number of hydrogen-bond donors (Lipinski definition) is 3. The maximum atomic E-state index is 11.7. The summed E-state index contributed by atoms with van der Waals surface area (Å²) in [6.07, 6.45) is 3.35. The van der Waals surface area contributed by atoms with E-state index in [2.05, 4.69) is 10.6 Å². The second-order valence-electron chi connectivity index (χ2n) is 5.04. The summed E-state index contributed by atoms with van der Waals surface area (Å²) in [5, 5.41) is 25.8. The zero-order chi connectivity index (χ0) is 14.6. The van der Waals surface area contributed by atoms with Gasteiger partial charge in [-0.3, -0.25) is 10.1 Å². The molecule has 0 heterocycles. The Labute approximate surface area is 116 Å². The van der Waals surface area contributed by atoms with Crippen LogP contribution in [0.4, 0.5) is 16.2 Å². The number of anilines is 1. The fraction of sp³-hybridized carbons (Fsp3) is 0.462. The van der Waals surface area contributed by atoms with E-state index in [4.69, 9.17) is 0 Å². The molecule has 0 aliphatic heterocycles. The molecule has 1 aliphatic carbocycles. The fourth-order valence-electron chi connectivity index (χ4n) is 2.30. The number of non-ortho nitro benzene ring substituents is 1. The molecule has 0 atom stereocenters. The van der Waals surface area contributed by atoms with Crippen molar-refractivity contribution < 1.29 is 14.8 Å². The van der Waals surface area contributed by atoms with Crippen molar-refractivity contribution in [2.45, 2.75) is 31.3 Å². The van der Waals surface area contributed by atoms with Gasteiger partial charge in [0.2, 0.25) is 0 Å². The summed E-state index contributed by atoms with van der Waals surface area (Å²) in [6.45, 7) is 0.214. The molecule has 1 fully saturated rings. The number of hydrogen-bond acceptors (Lipinski definition) is 4. The van der Waals surface area contributed by atoms with E-state index in [1.165, 1.54) is 24.3 Å². The van der Waals surface area contributed by atoms with E-state index in [0.29, 0.717) is 18.5 Å². The van der Waals surface area contributed by atoms with Crippen molar-refractivity contribution in [1.82, 2.24) is 5.32 Å². The Morgan fingerprint density at radius 1 is 1.30 bits per heavy atom. The molecule has 2 amide bonds. The van der Waals surface area contributed by atoms with Gasteiger partial charge < -0.3 is 15.7 Å². The molecule has 0 radical (unpaired) electrons. The third-order valence-electron chi connectivity index (χ3n) is 3.45. The van der Waals surface area contributed by atoms with Crippen LogP contribution in [-0.2, 0) is 0 Å². The summed E-state index contributed by atoms with van der Waals surface area (Å²) in [5.41, 5.74) is -0.366. The number of amides is 2. The molecule has 1 aliphatic rings. The zero-order valence-corrected chi connectivity index (χ0v) is 11.0. The van der Waals surface area contributed by atoms with E-state index in [1.54, 1.807) is 0 Å². The second kappa shape index (κ2) is 5.87. The molecule has 1 aromatic carbocycles. The van der Waals surface area contributed by atoms with Crippen molar-refractivity contribution >= 4 is 17.4 Å². The van der Waals surface area contributed by atoms with E-state index in [0.717, 1.165) is 12.8 Å². The molecule has 0 aromatic heterocycles. The van der Waals surface area contributed by atoms with Gasteiger partial charge in [0.1, 0.15) is 0 Å². The highest BCUT2D eigenvalue weighted by molar-refractivity contribution is 5.89. The van der Waals surface area contributed by atoms with Crippen LogP contribution in [0.5, 0.6) is 0 Å². The molecule has 0 saturated heterocycles. The second-order valence-corrected chi connectivity index (χ2v) is 5.04. The van der Waals surface area contributed by atoms with Crippen LogP contribution in [0.3, 0.4) is 0 Å². The average Bonchev–Trinajstić information content (AvgIpc) is 2.85. The SMILES string of the molecule is O=C(NCC1(O)CCCC1)Nc1ccc([N+](=O)[O-])cc1. The Morgan fingerprint density at radius 3 is 2.45 bits per heavy atom. The van der Waals surface area contributed by atoms with Crippen molar-refractivity contribution in [3.63, 3.8) is 0 Å². The first-order valence-corrected chi connectivity index (χ1v) is 6.50. The smallest absolute Gasteiger partial charge is 0.319 e. The molecular weight excluding hydrogens is 262 g/mol. The Morgan fingerprint density at radius 2 is 1.90 bits per heavy atom. The summed E-state index contributed by atoms with van der Waals surface area (Å²) < 4.78 is 0. The van der Waals surface area contributed by atoms with E-state index in [1.807, 2.05) is 0 Å². The van der Waals surface area contributed by atoms with Crippen LogP contribution in [0.2, 0.25) is 0 Å². The number of nitro groups is 1. The monoisotopic (exact) mass is 279 g/mol. The van der Waals surface area contributed by atoms with Crippen LogP contribution in [0.25, 0.3) is 0 Å². The van der Waals surface area contributed by atoms with Gasteiger partial charge in [-0.2, -0.15) is 0 Å². The number of rotatable bonds is 4. The fourth-order valence-corrected chi connectivity index (χ4v) is 2.30. The molecule has 7 heteroatoms. The average molecular weight is 279 g/mol. The quantitative estimate of drug-likeness (QED) is 0.579. The maximum Gasteiger partial charge on any atom is 0.319 e. The van der Waals surface area contributed by atoms with Crippen molar-refractivity contribution in [3.05, 3.63) is 34.4 Å². The highest BCUT2D eigenvalue weighted by Gasteiger charge is 2.31. The highest BCUT2D eigenvalue weighted by Crippen LogP contribution is 2.28. The predicted octanol–water partition coefficient (Wildman–Crippen LogP) is 2.02. The lowest BCUT2D eigenvalue weighted by Crippen LogP contribution is -2.42. The van der Waals surface area contributed by atoms with E-state index in [-0.39, 0.29) is 12.2 Å². The topological polar surface area (TPSA) is 104 Å². The molecule has 1 saturated carbocycles. The summed E-state index contributed by atoms with van der Waals surface area (Å²) in [5.74, 6) is 0. The molecule has 0 bridgehead atoms. The number of carbonyl (C=O) groups is 1. The molecule has 2 rings (SSSR count). The molecule has 0 spiro atoms. The molecule has 7 nitrogen and oxygen atoms in total. The minimum Gasteiger partial charge on any atom is -0.388 e. The van der Waals surface area contributed by atoms with E-state index in [9.17, 15) is 20.0 Å². The summed E-state index contributed by atoms with van der Waals surface area (Å²) in [7, 11) is 0. The molecule has 108 valence electrons. The van der Waals surface area contributed by atoms with Crippen LogP contribution >= 0.6 is 0 Å². The number of benzene rings is 1. The van der Waals surface area contributed by atoms with Gasteiger partial charge in [-0.15, -0.1) is 0 Å². The predicted molar refractivity (Wildman–Crippen MR) is 73.5 cm³/mol. The van der Waals surface area contributed by atoms with E-state index >= 15 is 0 Å². The number of carbonyl (C=O) groups excluding carboxylic acids is 1. The Kier molecular flexibility index (Phi) is 4.19. The minimum absolute atomic E-state index is 0.0313. The number of nitro benzene ring substituents is 1. The number of urea groups is 1. The largest absolute Gasteiger partial charge is 0.388 e.